The van der Waals surface area contributed by atoms with E-state index in [0.29, 0.717) is 5.75 Å². The smallest absolute Gasteiger partial charge is 0.258 e. The molecule has 0 spiro atoms. The van der Waals surface area contributed by atoms with Gasteiger partial charge in [-0.25, -0.2) is 0 Å². The average molecular weight is 366 g/mol. The Kier molecular flexibility index (Phi) is 6.47. The number of carbonyl (C=O) groups is 2. The summed E-state index contributed by atoms with van der Waals surface area (Å²) in [6, 6.07) is 15.5. The molecule has 0 aliphatic heterocycles. The predicted molar refractivity (Wildman–Crippen MR) is 105 cm³/mol. The predicted octanol–water partition coefficient (Wildman–Crippen LogP) is 2.94. The van der Waals surface area contributed by atoms with Crippen LogP contribution in [0.3, 0.4) is 0 Å². The lowest BCUT2D eigenvalue weighted by molar-refractivity contribution is -0.127. The summed E-state index contributed by atoms with van der Waals surface area (Å²) in [6.45, 7) is 1.78. The summed E-state index contributed by atoms with van der Waals surface area (Å²) in [5, 5.41) is 5.52. The van der Waals surface area contributed by atoms with Gasteiger partial charge in [0.25, 0.3) is 5.91 Å². The van der Waals surface area contributed by atoms with Gasteiger partial charge in [-0.3, -0.25) is 9.59 Å². The minimum absolute atomic E-state index is 0.0632. The van der Waals surface area contributed by atoms with Crippen molar-refractivity contribution < 1.29 is 14.3 Å². The van der Waals surface area contributed by atoms with E-state index in [1.165, 1.54) is 24.0 Å². The molecular formula is C22H26N2O3. The van der Waals surface area contributed by atoms with Crippen molar-refractivity contribution in [3.63, 3.8) is 0 Å². The standard InChI is InChI=1S/C22H26N2O3/c1-16(18-12-11-17-7-5-6-8-19(17)13-18)24-21(25)14-23-22(26)15-27-20-9-3-2-4-10-20/h2-4,9-13,16H,5-8,14-15H2,1H3,(H,23,26)(H,24,25). The summed E-state index contributed by atoms with van der Waals surface area (Å²) in [6.07, 6.45) is 4.75. The zero-order valence-electron chi connectivity index (χ0n) is 15.7. The monoisotopic (exact) mass is 366 g/mol. The number of hydrogen-bond acceptors (Lipinski definition) is 3. The fourth-order valence-electron chi connectivity index (χ4n) is 3.29. The van der Waals surface area contributed by atoms with Gasteiger partial charge in [-0.2, -0.15) is 0 Å². The van der Waals surface area contributed by atoms with Crippen LogP contribution in [0.2, 0.25) is 0 Å². The molecule has 0 aromatic heterocycles. The van der Waals surface area contributed by atoms with E-state index in [1.807, 2.05) is 25.1 Å². The van der Waals surface area contributed by atoms with Gasteiger partial charge in [-0.05, 0) is 61.4 Å². The fraction of sp³-hybridized carbons (Fsp3) is 0.364. The molecule has 5 nitrogen and oxygen atoms in total. The number of rotatable bonds is 7. The van der Waals surface area contributed by atoms with Gasteiger partial charge in [0.05, 0.1) is 12.6 Å². The van der Waals surface area contributed by atoms with Gasteiger partial charge < -0.3 is 15.4 Å². The molecule has 27 heavy (non-hydrogen) atoms. The summed E-state index contributed by atoms with van der Waals surface area (Å²) in [7, 11) is 0. The van der Waals surface area contributed by atoms with Crippen molar-refractivity contribution in [3.05, 3.63) is 65.2 Å². The number of hydrogen-bond donors (Lipinski definition) is 2. The van der Waals surface area contributed by atoms with E-state index < -0.39 is 0 Å². The topological polar surface area (TPSA) is 67.4 Å². The van der Waals surface area contributed by atoms with Crippen molar-refractivity contribution in [1.82, 2.24) is 10.6 Å². The first-order chi connectivity index (χ1) is 13.1. The Balaban J connectivity index is 1.42. The highest BCUT2D eigenvalue weighted by atomic mass is 16.5. The molecule has 2 aromatic carbocycles. The van der Waals surface area contributed by atoms with Crippen LogP contribution in [0.25, 0.3) is 0 Å². The van der Waals surface area contributed by atoms with Gasteiger partial charge in [0.2, 0.25) is 5.91 Å². The molecule has 1 aliphatic rings. The van der Waals surface area contributed by atoms with Crippen molar-refractivity contribution >= 4 is 11.8 Å². The molecule has 0 saturated heterocycles. The van der Waals surface area contributed by atoms with Crippen LogP contribution < -0.4 is 15.4 Å². The zero-order valence-corrected chi connectivity index (χ0v) is 15.7. The summed E-state index contributed by atoms with van der Waals surface area (Å²) in [5.41, 5.74) is 3.92. The largest absolute Gasteiger partial charge is 0.484 e. The van der Waals surface area contributed by atoms with Gasteiger partial charge in [0, 0.05) is 0 Å². The molecule has 0 radical (unpaired) electrons. The van der Waals surface area contributed by atoms with E-state index >= 15 is 0 Å². The number of carbonyl (C=O) groups excluding carboxylic acids is 2. The van der Waals surface area contributed by atoms with Crippen molar-refractivity contribution in [2.45, 2.75) is 38.6 Å². The van der Waals surface area contributed by atoms with Gasteiger partial charge in [-0.15, -0.1) is 0 Å². The molecule has 2 amide bonds. The summed E-state index contributed by atoms with van der Waals surface area (Å²) in [4.78, 5) is 23.9. The molecule has 2 aromatic rings. The highest BCUT2D eigenvalue weighted by molar-refractivity contribution is 5.85. The van der Waals surface area contributed by atoms with Crippen molar-refractivity contribution in [1.29, 1.82) is 0 Å². The van der Waals surface area contributed by atoms with Crippen LogP contribution in [0.1, 0.15) is 42.5 Å². The molecule has 0 bridgehead atoms. The minimum atomic E-state index is -0.324. The second-order valence-corrected chi connectivity index (χ2v) is 6.90. The lowest BCUT2D eigenvalue weighted by Crippen LogP contribution is -2.39. The Hall–Kier alpha value is -2.82. The zero-order chi connectivity index (χ0) is 19.1. The third kappa shape index (κ3) is 5.58. The molecule has 1 atom stereocenters. The number of fused-ring (bicyclic) bond motifs is 1. The van der Waals surface area contributed by atoms with Gasteiger partial charge in [0.1, 0.15) is 5.75 Å². The number of amides is 2. The number of nitrogens with one attached hydrogen (secondary N) is 2. The molecule has 5 heteroatoms. The Labute approximate surface area is 160 Å². The second-order valence-electron chi connectivity index (χ2n) is 6.90. The van der Waals surface area contributed by atoms with Crippen LogP contribution in [0.4, 0.5) is 0 Å². The van der Waals surface area contributed by atoms with Crippen LogP contribution in [-0.2, 0) is 22.4 Å². The minimum Gasteiger partial charge on any atom is -0.484 e. The molecule has 1 unspecified atom stereocenters. The highest BCUT2D eigenvalue weighted by Gasteiger charge is 2.14. The third-order valence-corrected chi connectivity index (χ3v) is 4.81. The number of aryl methyl sites for hydroxylation is 2. The summed E-state index contributed by atoms with van der Waals surface area (Å²) < 4.78 is 5.36. The Morgan fingerprint density at radius 1 is 1.00 bits per heavy atom. The van der Waals surface area contributed by atoms with Crippen LogP contribution >= 0.6 is 0 Å². The maximum atomic E-state index is 12.1. The first kappa shape index (κ1) is 19.0. The Morgan fingerprint density at radius 3 is 2.52 bits per heavy atom. The second kappa shape index (κ2) is 9.21. The molecular weight excluding hydrogens is 340 g/mol. The van der Waals surface area contributed by atoms with Crippen molar-refractivity contribution in [3.8, 4) is 5.75 Å². The number of ether oxygens (including phenoxy) is 1. The van der Waals surface area contributed by atoms with Gasteiger partial charge in [-0.1, -0.05) is 36.4 Å². The van der Waals surface area contributed by atoms with E-state index in [9.17, 15) is 9.59 Å². The molecule has 0 saturated carbocycles. The maximum Gasteiger partial charge on any atom is 0.258 e. The first-order valence-electron chi connectivity index (χ1n) is 9.47. The highest BCUT2D eigenvalue weighted by Crippen LogP contribution is 2.24. The van der Waals surface area contributed by atoms with E-state index in [2.05, 4.69) is 28.8 Å². The molecule has 3 rings (SSSR count). The lowest BCUT2D eigenvalue weighted by atomic mass is 9.89. The summed E-state index contributed by atoms with van der Waals surface area (Å²) in [5.74, 6) is 0.0850. The summed E-state index contributed by atoms with van der Waals surface area (Å²) >= 11 is 0. The molecule has 142 valence electrons. The van der Waals surface area contributed by atoms with E-state index in [0.717, 1.165) is 18.4 Å². The van der Waals surface area contributed by atoms with E-state index in [-0.39, 0.29) is 31.0 Å². The molecule has 2 N–H and O–H groups in total. The quantitative estimate of drug-likeness (QED) is 0.792. The third-order valence-electron chi connectivity index (χ3n) is 4.81. The number of para-hydroxylation sites is 1. The molecule has 1 aliphatic carbocycles. The average Bonchev–Trinajstić information content (AvgIpc) is 2.71. The van der Waals surface area contributed by atoms with Crippen LogP contribution in [0.15, 0.2) is 48.5 Å². The fourth-order valence-corrected chi connectivity index (χ4v) is 3.29. The lowest BCUT2D eigenvalue weighted by Gasteiger charge is -2.20. The number of benzene rings is 2. The van der Waals surface area contributed by atoms with E-state index in [1.54, 1.807) is 12.1 Å². The van der Waals surface area contributed by atoms with Crippen LogP contribution in [0.5, 0.6) is 5.75 Å². The first-order valence-corrected chi connectivity index (χ1v) is 9.47. The normalized spacial score (nSPS) is 14.0. The van der Waals surface area contributed by atoms with Crippen LogP contribution in [0, 0.1) is 0 Å². The Morgan fingerprint density at radius 2 is 1.74 bits per heavy atom. The molecule has 0 heterocycles. The Bertz CT molecular complexity index is 789. The molecule has 0 fully saturated rings. The van der Waals surface area contributed by atoms with Crippen molar-refractivity contribution in [2.24, 2.45) is 0 Å². The SMILES string of the molecule is CC(NC(=O)CNC(=O)COc1ccccc1)c1ccc2c(c1)CCCC2. The van der Waals surface area contributed by atoms with Crippen molar-refractivity contribution in [2.75, 3.05) is 13.2 Å². The van der Waals surface area contributed by atoms with Crippen LogP contribution in [-0.4, -0.2) is 25.0 Å². The van der Waals surface area contributed by atoms with E-state index in [4.69, 9.17) is 4.74 Å². The van der Waals surface area contributed by atoms with Gasteiger partial charge >= 0.3 is 0 Å². The van der Waals surface area contributed by atoms with Gasteiger partial charge in [0.15, 0.2) is 6.61 Å². The maximum absolute atomic E-state index is 12.1.